The van der Waals surface area contributed by atoms with Gasteiger partial charge >= 0.3 is 0 Å². The van der Waals surface area contributed by atoms with Crippen LogP contribution < -0.4 is 5.32 Å². The third kappa shape index (κ3) is 2.98. The number of tetrazole rings is 1. The quantitative estimate of drug-likeness (QED) is 0.791. The molecule has 0 atom stereocenters. The molecule has 2 heterocycles. The van der Waals surface area contributed by atoms with E-state index in [1.807, 2.05) is 13.8 Å². The Morgan fingerprint density at radius 2 is 2.00 bits per heavy atom. The first kappa shape index (κ1) is 14.3. The Hall–Kier alpha value is -2.68. The molecule has 1 aromatic carbocycles. The van der Waals surface area contributed by atoms with E-state index in [0.29, 0.717) is 16.5 Å². The number of amides is 1. The van der Waals surface area contributed by atoms with Gasteiger partial charge in [0, 0.05) is 11.1 Å². The highest BCUT2D eigenvalue weighted by Gasteiger charge is 2.11. The summed E-state index contributed by atoms with van der Waals surface area (Å²) >= 11 is 1.27. The van der Waals surface area contributed by atoms with E-state index in [-0.39, 0.29) is 11.9 Å². The van der Waals surface area contributed by atoms with Gasteiger partial charge in [0.2, 0.25) is 11.0 Å². The van der Waals surface area contributed by atoms with Crippen LogP contribution in [0, 0.1) is 0 Å². The zero-order valence-electron chi connectivity index (χ0n) is 12.0. The number of nitrogens with one attached hydrogen (secondary N) is 1. The van der Waals surface area contributed by atoms with Gasteiger partial charge < -0.3 is 0 Å². The lowest BCUT2D eigenvalue weighted by atomic mass is 10.1. The van der Waals surface area contributed by atoms with Gasteiger partial charge in [0.15, 0.2) is 0 Å². The molecule has 0 fully saturated rings. The van der Waals surface area contributed by atoms with Crippen molar-refractivity contribution in [2.75, 3.05) is 5.32 Å². The van der Waals surface area contributed by atoms with Crippen molar-refractivity contribution in [3.8, 4) is 11.4 Å². The molecule has 8 nitrogen and oxygen atoms in total. The van der Waals surface area contributed by atoms with Gasteiger partial charge in [-0.1, -0.05) is 23.5 Å². The minimum Gasteiger partial charge on any atom is -0.296 e. The summed E-state index contributed by atoms with van der Waals surface area (Å²) in [6.45, 7) is 3.96. The van der Waals surface area contributed by atoms with E-state index in [4.69, 9.17) is 0 Å². The van der Waals surface area contributed by atoms with Gasteiger partial charge in [0.05, 0.1) is 6.04 Å². The molecule has 0 bridgehead atoms. The summed E-state index contributed by atoms with van der Waals surface area (Å²) in [6.07, 6.45) is 0. The molecule has 0 radical (unpaired) electrons. The third-order valence-electron chi connectivity index (χ3n) is 2.88. The highest BCUT2D eigenvalue weighted by Crippen LogP contribution is 2.17. The number of aromatic nitrogens is 6. The Morgan fingerprint density at radius 1 is 1.23 bits per heavy atom. The van der Waals surface area contributed by atoms with Gasteiger partial charge in [0.25, 0.3) is 5.91 Å². The summed E-state index contributed by atoms with van der Waals surface area (Å²) < 4.78 is 0. The second-order valence-corrected chi connectivity index (χ2v) is 5.64. The molecule has 0 aliphatic heterocycles. The van der Waals surface area contributed by atoms with Crippen LogP contribution >= 0.6 is 11.3 Å². The van der Waals surface area contributed by atoms with Crippen LogP contribution in [0.25, 0.3) is 11.4 Å². The minimum atomic E-state index is -0.234. The minimum absolute atomic E-state index is 0.151. The second kappa shape index (κ2) is 5.98. The van der Waals surface area contributed by atoms with Gasteiger partial charge in [-0.25, -0.2) is 0 Å². The molecule has 0 aliphatic rings. The van der Waals surface area contributed by atoms with Crippen LogP contribution in [-0.4, -0.2) is 36.3 Å². The van der Waals surface area contributed by atoms with Crippen LogP contribution in [0.3, 0.4) is 0 Å². The number of hydrogen-bond acceptors (Lipinski definition) is 7. The highest BCUT2D eigenvalue weighted by atomic mass is 32.1. The molecule has 3 aromatic rings. The zero-order valence-corrected chi connectivity index (χ0v) is 12.8. The van der Waals surface area contributed by atoms with E-state index >= 15 is 0 Å². The summed E-state index contributed by atoms with van der Waals surface area (Å²) in [5.41, 5.74) is 2.89. The summed E-state index contributed by atoms with van der Waals surface area (Å²) in [5, 5.41) is 22.9. The van der Waals surface area contributed by atoms with Crippen molar-refractivity contribution < 1.29 is 4.79 Å². The van der Waals surface area contributed by atoms with Crippen molar-refractivity contribution in [3.63, 3.8) is 0 Å². The average Bonchev–Trinajstić information content (AvgIpc) is 3.18. The van der Waals surface area contributed by atoms with Crippen LogP contribution in [0.15, 0.2) is 29.8 Å². The molecule has 112 valence electrons. The Kier molecular flexibility index (Phi) is 3.88. The Labute approximate surface area is 130 Å². The van der Waals surface area contributed by atoms with E-state index < -0.39 is 0 Å². The lowest BCUT2D eigenvalue weighted by Crippen LogP contribution is -2.11. The molecule has 9 heteroatoms. The van der Waals surface area contributed by atoms with Crippen LogP contribution in [0.4, 0.5) is 5.13 Å². The van der Waals surface area contributed by atoms with Gasteiger partial charge in [-0.2, -0.15) is 4.80 Å². The van der Waals surface area contributed by atoms with Crippen LogP contribution in [0.5, 0.6) is 0 Å². The lowest BCUT2D eigenvalue weighted by molar-refractivity contribution is 0.102. The summed E-state index contributed by atoms with van der Waals surface area (Å²) in [5.74, 6) is 0.298. The average molecular weight is 315 g/mol. The maximum absolute atomic E-state index is 12.0. The van der Waals surface area contributed by atoms with Gasteiger partial charge in [-0.15, -0.1) is 20.4 Å². The highest BCUT2D eigenvalue weighted by molar-refractivity contribution is 7.13. The van der Waals surface area contributed by atoms with Crippen molar-refractivity contribution in [1.29, 1.82) is 0 Å². The molecule has 22 heavy (non-hydrogen) atoms. The lowest BCUT2D eigenvalue weighted by Gasteiger charge is -2.02. The molecule has 3 rings (SSSR count). The molecule has 0 aliphatic carbocycles. The fourth-order valence-electron chi connectivity index (χ4n) is 1.73. The Bertz CT molecular complexity index is 764. The number of rotatable bonds is 4. The number of hydrogen-bond donors (Lipinski definition) is 1. The maximum atomic E-state index is 12.0. The molecule has 1 amide bonds. The van der Waals surface area contributed by atoms with Crippen molar-refractivity contribution in [2.24, 2.45) is 0 Å². The molecule has 0 saturated heterocycles. The van der Waals surface area contributed by atoms with Crippen LogP contribution in [0.1, 0.15) is 30.2 Å². The molecule has 0 spiro atoms. The van der Waals surface area contributed by atoms with E-state index in [9.17, 15) is 4.79 Å². The number of anilines is 1. The third-order valence-corrected chi connectivity index (χ3v) is 3.48. The zero-order chi connectivity index (χ0) is 15.5. The predicted molar refractivity (Wildman–Crippen MR) is 81.5 cm³/mol. The van der Waals surface area contributed by atoms with Crippen LogP contribution in [0.2, 0.25) is 0 Å². The van der Waals surface area contributed by atoms with Gasteiger partial charge in [-0.05, 0) is 31.2 Å². The first-order chi connectivity index (χ1) is 10.6. The predicted octanol–water partition coefficient (Wildman–Crippen LogP) is 2.02. The first-order valence-corrected chi connectivity index (χ1v) is 7.49. The number of carbonyl (C=O) groups is 1. The second-order valence-electron chi connectivity index (χ2n) is 4.80. The molecule has 0 saturated carbocycles. The van der Waals surface area contributed by atoms with E-state index in [1.165, 1.54) is 11.3 Å². The SMILES string of the molecule is CC(C)n1nnc(-c2ccc(C(=O)Nc3nncs3)cc2)n1. The molecular formula is C13H13N7OS. The van der Waals surface area contributed by atoms with Gasteiger partial charge in [0.1, 0.15) is 5.51 Å². The largest absolute Gasteiger partial charge is 0.296 e. The van der Waals surface area contributed by atoms with Crippen molar-refractivity contribution >= 4 is 22.4 Å². The fourth-order valence-corrected chi connectivity index (χ4v) is 2.17. The van der Waals surface area contributed by atoms with Gasteiger partial charge in [-0.3, -0.25) is 10.1 Å². The number of nitrogens with zero attached hydrogens (tertiary/aromatic N) is 6. The van der Waals surface area contributed by atoms with Crippen molar-refractivity contribution in [2.45, 2.75) is 19.9 Å². The fraction of sp³-hybridized carbons (Fsp3) is 0.231. The van der Waals surface area contributed by atoms with E-state index in [2.05, 4.69) is 30.9 Å². The van der Waals surface area contributed by atoms with Crippen molar-refractivity contribution in [1.82, 2.24) is 30.4 Å². The smallest absolute Gasteiger partial charge is 0.257 e. The monoisotopic (exact) mass is 315 g/mol. The summed E-state index contributed by atoms with van der Waals surface area (Å²) in [6, 6.07) is 7.15. The Balaban J connectivity index is 1.75. The maximum Gasteiger partial charge on any atom is 0.257 e. The normalized spacial score (nSPS) is 10.9. The standard InChI is InChI=1S/C13H13N7OS/c1-8(2)20-18-11(16-19-20)9-3-5-10(6-4-9)12(21)15-13-17-14-7-22-13/h3-8H,1-2H3,(H,15,17,21). The number of carbonyl (C=O) groups excluding carboxylic acids is 1. The van der Waals surface area contributed by atoms with E-state index in [1.54, 1.807) is 34.6 Å². The first-order valence-electron chi connectivity index (χ1n) is 6.61. The van der Waals surface area contributed by atoms with E-state index in [0.717, 1.165) is 5.56 Å². The molecule has 2 aromatic heterocycles. The summed E-state index contributed by atoms with van der Waals surface area (Å²) in [4.78, 5) is 13.6. The number of benzene rings is 1. The topological polar surface area (TPSA) is 98.5 Å². The molecular weight excluding hydrogens is 302 g/mol. The Morgan fingerprint density at radius 3 is 2.59 bits per heavy atom. The molecule has 1 N–H and O–H groups in total. The summed E-state index contributed by atoms with van der Waals surface area (Å²) in [7, 11) is 0. The van der Waals surface area contributed by atoms with Crippen molar-refractivity contribution in [3.05, 3.63) is 35.3 Å². The molecule has 0 unspecified atom stereocenters. The van der Waals surface area contributed by atoms with Crippen LogP contribution in [-0.2, 0) is 0 Å².